The minimum atomic E-state index is -4.69. The van der Waals surface area contributed by atoms with Crippen molar-refractivity contribution in [1.29, 1.82) is 0 Å². The quantitative estimate of drug-likeness (QED) is 0.508. The molecular weight excluding hydrogens is 298 g/mol. The lowest BCUT2D eigenvalue weighted by Gasteiger charge is -2.03. The number of pyridine rings is 1. The largest absolute Gasteiger partial charge is 0.348 e. The van der Waals surface area contributed by atoms with Crippen molar-refractivity contribution in [3.05, 3.63) is 60.9 Å². The molecule has 1 aromatic carbocycles. The van der Waals surface area contributed by atoms with Crippen molar-refractivity contribution in [2.45, 2.75) is 0 Å². The maximum absolute atomic E-state index is 8.60. The van der Waals surface area contributed by atoms with Gasteiger partial charge in [-0.3, -0.25) is 0 Å². The lowest BCUT2D eigenvalue weighted by Crippen LogP contribution is -2.58. The van der Waals surface area contributed by atoms with Crippen LogP contribution in [0.3, 0.4) is 0 Å². The van der Waals surface area contributed by atoms with Crippen LogP contribution in [-0.4, -0.2) is 14.7 Å². The summed E-state index contributed by atoms with van der Waals surface area (Å²) in [7, 11) is -4.69. The number of halogens is 1. The minimum Gasteiger partial charge on any atom is -0.183 e. The molecule has 0 aliphatic carbocycles. The molecule has 0 atom stereocenters. The van der Waals surface area contributed by atoms with Crippen LogP contribution in [0.2, 0.25) is 0 Å². The smallest absolute Gasteiger partial charge is 0.183 e. The van der Waals surface area contributed by atoms with Gasteiger partial charge >= 0.3 is 5.65 Å². The van der Waals surface area contributed by atoms with E-state index < -0.39 is 10.2 Å². The van der Waals surface area contributed by atoms with Gasteiger partial charge in [0.05, 0.1) is 14.9 Å². The van der Waals surface area contributed by atoms with Crippen molar-refractivity contribution in [1.82, 2.24) is 10.1 Å². The van der Waals surface area contributed by atoms with Crippen molar-refractivity contribution in [3.63, 3.8) is 0 Å². The van der Waals surface area contributed by atoms with Crippen LogP contribution < -0.4 is 18.5 Å². The molecule has 0 saturated heterocycles. The lowest BCUT2D eigenvalue weighted by atomic mass is 10.2. The van der Waals surface area contributed by atoms with Crippen LogP contribution in [0, 0.1) is 10.2 Å². The highest BCUT2D eigenvalue weighted by Gasteiger charge is 2.09. The van der Waals surface area contributed by atoms with E-state index in [0.29, 0.717) is 0 Å². The molecule has 2 heterocycles. The zero-order chi connectivity index (χ0) is 15.3. The summed E-state index contributed by atoms with van der Waals surface area (Å²) in [5.41, 5.74) is 2.83. The molecule has 3 rings (SSSR count). The molecule has 0 amide bonds. The molecular formula is C13H11ClN3O4+. The zero-order valence-electron chi connectivity index (χ0n) is 10.7. The molecule has 0 unspecified atom stereocenters. The average Bonchev–Trinajstić information content (AvgIpc) is 2.46. The lowest BCUT2D eigenvalue weighted by molar-refractivity contribution is -1.92. The summed E-state index contributed by atoms with van der Waals surface area (Å²) >= 11 is 0. The molecule has 3 aromatic rings. The molecule has 21 heavy (non-hydrogen) atoms. The van der Waals surface area contributed by atoms with Crippen molar-refractivity contribution in [2.24, 2.45) is 0 Å². The molecule has 0 bridgehead atoms. The van der Waals surface area contributed by atoms with E-state index >= 15 is 0 Å². The Kier molecular flexibility index (Phi) is 4.73. The van der Waals surface area contributed by atoms with Gasteiger partial charge in [-0.05, 0) is 11.1 Å². The summed E-state index contributed by atoms with van der Waals surface area (Å²) in [6, 6.07) is 15.9. The van der Waals surface area contributed by atoms with Gasteiger partial charge in [0.25, 0.3) is 0 Å². The molecule has 0 radical (unpaired) electrons. The molecule has 0 aliphatic heterocycles. The Morgan fingerprint density at radius 1 is 0.952 bits per heavy atom. The number of hydrogen-bond acceptors (Lipinski definition) is 6. The molecule has 8 heteroatoms. The highest BCUT2D eigenvalue weighted by molar-refractivity contribution is 5.58. The van der Waals surface area contributed by atoms with Gasteiger partial charge in [0.2, 0.25) is 5.69 Å². The topological polar surface area (TPSA) is 119 Å². The first-order valence-corrected chi connectivity index (χ1v) is 7.02. The number of fused-ring (bicyclic) bond motifs is 1. The number of benzene rings is 1. The average molecular weight is 309 g/mol. The summed E-state index contributed by atoms with van der Waals surface area (Å²) in [6.45, 7) is 0. The number of hydrogen-bond donors (Lipinski definition) is 1. The molecule has 0 fully saturated rings. The highest BCUT2D eigenvalue weighted by atomic mass is 35.7. The fourth-order valence-electron chi connectivity index (χ4n) is 1.63. The molecule has 0 spiro atoms. The number of nitrogens with zero attached hydrogens (tertiary/aromatic N) is 3. The second kappa shape index (κ2) is 6.53. The summed E-state index contributed by atoms with van der Waals surface area (Å²) in [5.74, 6) is 0. The Morgan fingerprint density at radius 3 is 2.24 bits per heavy atom. The van der Waals surface area contributed by atoms with Crippen LogP contribution in [0.25, 0.3) is 16.9 Å². The van der Waals surface area contributed by atoms with E-state index in [9.17, 15) is 0 Å². The van der Waals surface area contributed by atoms with Crippen LogP contribution in [-0.2, 0) is 0 Å². The first-order chi connectivity index (χ1) is 9.93. The highest BCUT2D eigenvalue weighted by Crippen LogP contribution is 2.14. The van der Waals surface area contributed by atoms with Crippen molar-refractivity contribution < 1.29 is 33.4 Å². The molecule has 108 valence electrons. The molecule has 0 saturated carbocycles. The minimum absolute atomic E-state index is 0.851. The van der Waals surface area contributed by atoms with E-state index in [0.717, 1.165) is 16.9 Å². The summed E-state index contributed by atoms with van der Waals surface area (Å²) in [6.07, 6.45) is 3.67. The Morgan fingerprint density at radius 2 is 1.57 bits per heavy atom. The van der Waals surface area contributed by atoms with Gasteiger partial charge in [-0.25, -0.2) is 0 Å². The van der Waals surface area contributed by atoms with Gasteiger partial charge in [0.15, 0.2) is 0 Å². The van der Waals surface area contributed by atoms with E-state index in [4.69, 9.17) is 18.6 Å². The fourth-order valence-corrected chi connectivity index (χ4v) is 1.63. The summed E-state index contributed by atoms with van der Waals surface area (Å²) < 4.78 is 34.5. The first kappa shape index (κ1) is 15.2. The third-order valence-electron chi connectivity index (χ3n) is 2.43. The van der Waals surface area contributed by atoms with Gasteiger partial charge in [0, 0.05) is 11.6 Å². The fraction of sp³-hybridized carbons (Fsp3) is 0. The molecule has 7 nitrogen and oxygen atoms in total. The van der Waals surface area contributed by atoms with Gasteiger partial charge in [-0.2, -0.15) is 14.0 Å². The van der Waals surface area contributed by atoms with Crippen LogP contribution >= 0.6 is 0 Å². The number of rotatable bonds is 1. The summed E-state index contributed by atoms with van der Waals surface area (Å²) in [5, 5.41) is 4.31. The van der Waals surface area contributed by atoms with Crippen molar-refractivity contribution in [3.8, 4) is 11.3 Å². The Labute approximate surface area is 122 Å². The van der Waals surface area contributed by atoms with Crippen molar-refractivity contribution >= 4 is 5.65 Å². The number of aromatic nitrogens is 3. The second-order valence-electron chi connectivity index (χ2n) is 3.91. The Bertz CT molecular complexity index is 713. The van der Waals surface area contributed by atoms with Crippen LogP contribution in [0.5, 0.6) is 0 Å². The summed E-state index contributed by atoms with van der Waals surface area (Å²) in [4.78, 5) is 4.55. The Balaban J connectivity index is 0.000000282. The van der Waals surface area contributed by atoms with Gasteiger partial charge in [0.1, 0.15) is 12.4 Å². The molecule has 1 N–H and O–H groups in total. The van der Waals surface area contributed by atoms with E-state index in [1.165, 1.54) is 0 Å². The van der Waals surface area contributed by atoms with Crippen LogP contribution in [0.15, 0.2) is 60.9 Å². The molecule has 0 aliphatic rings. The normalized spacial score (nSPS) is 10.9. The van der Waals surface area contributed by atoms with E-state index in [-0.39, 0.29) is 0 Å². The third-order valence-corrected chi connectivity index (χ3v) is 2.43. The van der Waals surface area contributed by atoms with E-state index in [1.807, 2.05) is 54.7 Å². The molecule has 2 aromatic heterocycles. The zero-order valence-corrected chi connectivity index (χ0v) is 11.4. The van der Waals surface area contributed by atoms with Gasteiger partial charge in [-0.1, -0.05) is 41.5 Å². The second-order valence-corrected chi connectivity index (χ2v) is 4.70. The predicted molar refractivity (Wildman–Crippen MR) is 62.8 cm³/mol. The van der Waals surface area contributed by atoms with E-state index in [1.54, 1.807) is 10.7 Å². The van der Waals surface area contributed by atoms with Gasteiger partial charge in [-0.15, -0.1) is 4.52 Å². The standard InChI is InChI=1S/C13H10N3.ClHO4/c1-2-6-11(7-3-1)12-10-14-16-9-5-4-8-13(16)15-12;2-1(3,4)5/h1-10H;(H,2,3,4,5)/q+1;. The Hall–Kier alpha value is -2.16. The monoisotopic (exact) mass is 308 g/mol. The first-order valence-electron chi connectivity index (χ1n) is 5.76. The van der Waals surface area contributed by atoms with E-state index in [2.05, 4.69) is 10.1 Å². The van der Waals surface area contributed by atoms with Crippen molar-refractivity contribution in [2.75, 3.05) is 0 Å². The van der Waals surface area contributed by atoms with Gasteiger partial charge < -0.3 is 0 Å². The maximum Gasteiger partial charge on any atom is 0.348 e. The SMILES string of the molecule is [O-][Cl+3]([O-])([O-])O.c1ccc(-c2cn[n+]3ccccc3n2)cc1. The predicted octanol–water partition coefficient (Wildman–Crippen LogP) is -2.24. The maximum atomic E-state index is 8.60. The van der Waals surface area contributed by atoms with Crippen LogP contribution in [0.1, 0.15) is 0 Å². The van der Waals surface area contributed by atoms with Crippen LogP contribution in [0.4, 0.5) is 0 Å². The third kappa shape index (κ3) is 5.03.